The number of halogens is 4. The SMILES string of the molecule is COCC1(CN(C)c2cc(-c3cc(F)cc(C(F)(F)F)c3)nc3nc(-c4ccc(N5CCC(N(C)CC(=O)O)CC5)cc4)[nH]c23)CCC1. The minimum atomic E-state index is -4.71. The van der Waals surface area contributed by atoms with Gasteiger partial charge in [-0.15, -0.1) is 0 Å². The molecule has 48 heavy (non-hydrogen) atoms. The number of nitrogens with zero attached hydrogens (tertiary/aromatic N) is 5. The van der Waals surface area contributed by atoms with E-state index in [1.807, 2.05) is 43.3 Å². The van der Waals surface area contributed by atoms with E-state index in [9.17, 15) is 22.4 Å². The smallest absolute Gasteiger partial charge is 0.416 e. The second-order valence-electron chi connectivity index (χ2n) is 13.3. The van der Waals surface area contributed by atoms with Crippen LogP contribution >= 0.6 is 0 Å². The number of carbonyl (C=O) groups is 1. The third kappa shape index (κ3) is 7.12. The number of nitrogens with one attached hydrogen (secondary N) is 1. The summed E-state index contributed by atoms with van der Waals surface area (Å²) in [6, 6.07) is 12.3. The Labute approximate surface area is 276 Å². The van der Waals surface area contributed by atoms with Gasteiger partial charge < -0.3 is 24.6 Å². The zero-order valence-corrected chi connectivity index (χ0v) is 27.3. The third-order valence-electron chi connectivity index (χ3n) is 9.79. The Morgan fingerprint density at radius 3 is 2.38 bits per heavy atom. The summed E-state index contributed by atoms with van der Waals surface area (Å²) >= 11 is 0. The van der Waals surface area contributed by atoms with Gasteiger partial charge in [0.2, 0.25) is 0 Å². The second-order valence-corrected chi connectivity index (χ2v) is 13.3. The van der Waals surface area contributed by atoms with E-state index in [0.29, 0.717) is 41.9 Å². The van der Waals surface area contributed by atoms with Crippen molar-refractivity contribution >= 4 is 28.5 Å². The molecule has 6 rings (SSSR count). The van der Waals surface area contributed by atoms with Crippen molar-refractivity contribution in [1.82, 2.24) is 19.9 Å². The molecule has 0 unspecified atom stereocenters. The maximum Gasteiger partial charge on any atom is 0.416 e. The molecule has 9 nitrogen and oxygen atoms in total. The molecule has 2 N–H and O–H groups in total. The number of fused-ring (bicyclic) bond motifs is 1. The summed E-state index contributed by atoms with van der Waals surface area (Å²) in [5, 5.41) is 9.12. The Hall–Kier alpha value is -4.23. The summed E-state index contributed by atoms with van der Waals surface area (Å²) in [7, 11) is 5.46. The molecule has 2 aromatic carbocycles. The lowest BCUT2D eigenvalue weighted by molar-refractivity contribution is -0.139. The van der Waals surface area contributed by atoms with Crippen LogP contribution in [0, 0.1) is 11.2 Å². The van der Waals surface area contributed by atoms with Gasteiger partial charge in [0.1, 0.15) is 17.2 Å². The highest BCUT2D eigenvalue weighted by molar-refractivity contribution is 5.91. The molecule has 2 aromatic heterocycles. The molecule has 2 aliphatic rings. The summed E-state index contributed by atoms with van der Waals surface area (Å²) in [6.07, 6.45) is 0.115. The Morgan fingerprint density at radius 2 is 1.77 bits per heavy atom. The number of benzene rings is 2. The number of hydrogen-bond acceptors (Lipinski definition) is 7. The molecule has 1 saturated heterocycles. The molecule has 256 valence electrons. The first-order chi connectivity index (χ1) is 22.8. The highest BCUT2D eigenvalue weighted by atomic mass is 19.4. The van der Waals surface area contributed by atoms with Gasteiger partial charge in [-0.1, -0.05) is 6.42 Å². The lowest BCUT2D eigenvalue weighted by Crippen LogP contribution is -2.44. The zero-order chi connectivity index (χ0) is 34.2. The summed E-state index contributed by atoms with van der Waals surface area (Å²) in [5.41, 5.74) is 2.58. The van der Waals surface area contributed by atoms with Crippen LogP contribution in [0.15, 0.2) is 48.5 Å². The van der Waals surface area contributed by atoms with Gasteiger partial charge >= 0.3 is 12.1 Å². The predicted molar refractivity (Wildman–Crippen MR) is 177 cm³/mol. The number of alkyl halides is 3. The number of anilines is 2. The molecular weight excluding hydrogens is 628 g/mol. The van der Waals surface area contributed by atoms with Crippen LogP contribution < -0.4 is 9.80 Å². The lowest BCUT2D eigenvalue weighted by Gasteiger charge is -2.44. The maximum absolute atomic E-state index is 14.5. The number of H-pyrrole nitrogens is 1. The molecule has 1 aliphatic carbocycles. The number of carboxylic acids is 1. The van der Waals surface area contributed by atoms with Crippen LogP contribution in [0.2, 0.25) is 0 Å². The first-order valence-corrected chi connectivity index (χ1v) is 16.1. The van der Waals surface area contributed by atoms with Gasteiger partial charge in [-0.25, -0.2) is 14.4 Å². The van der Waals surface area contributed by atoms with Crippen LogP contribution in [0.25, 0.3) is 33.8 Å². The van der Waals surface area contributed by atoms with Gasteiger partial charge in [0, 0.05) is 62.1 Å². The molecule has 0 bridgehead atoms. The number of piperidine rings is 1. The second kappa shape index (κ2) is 13.3. The fourth-order valence-corrected chi connectivity index (χ4v) is 7.12. The lowest BCUT2D eigenvalue weighted by atomic mass is 9.69. The summed E-state index contributed by atoms with van der Waals surface area (Å²) in [4.78, 5) is 30.1. The molecule has 2 fully saturated rings. The molecule has 4 aromatic rings. The third-order valence-corrected chi connectivity index (χ3v) is 9.79. The first-order valence-electron chi connectivity index (χ1n) is 16.1. The quantitative estimate of drug-likeness (QED) is 0.171. The topological polar surface area (TPSA) is 97.8 Å². The summed E-state index contributed by atoms with van der Waals surface area (Å²) in [5.74, 6) is -1.27. The van der Waals surface area contributed by atoms with Crippen LogP contribution in [-0.2, 0) is 15.7 Å². The molecule has 0 amide bonds. The van der Waals surface area contributed by atoms with Gasteiger partial charge in [-0.3, -0.25) is 9.69 Å². The molecule has 1 saturated carbocycles. The highest BCUT2D eigenvalue weighted by Crippen LogP contribution is 2.43. The molecule has 13 heteroatoms. The molecular formula is C35H40F4N6O3. The van der Waals surface area contributed by atoms with Crippen molar-refractivity contribution in [2.75, 3.05) is 63.8 Å². The number of ether oxygens (including phenoxy) is 1. The number of likely N-dealkylation sites (N-methyl/N-ethyl adjacent to an activating group) is 1. The van der Waals surface area contributed by atoms with Crippen molar-refractivity contribution in [3.63, 3.8) is 0 Å². The van der Waals surface area contributed by atoms with Crippen molar-refractivity contribution < 1.29 is 32.2 Å². The number of methoxy groups -OCH3 is 1. The van der Waals surface area contributed by atoms with Crippen LogP contribution in [-0.4, -0.2) is 91.0 Å². The van der Waals surface area contributed by atoms with Gasteiger partial charge in [0.25, 0.3) is 0 Å². The molecule has 1 aliphatic heterocycles. The van der Waals surface area contributed by atoms with Crippen molar-refractivity contribution in [2.24, 2.45) is 5.41 Å². The van der Waals surface area contributed by atoms with Crippen LogP contribution in [0.3, 0.4) is 0 Å². The van der Waals surface area contributed by atoms with E-state index >= 15 is 0 Å². The molecule has 0 spiro atoms. The zero-order valence-electron chi connectivity index (χ0n) is 27.3. The van der Waals surface area contributed by atoms with E-state index in [1.165, 1.54) is 0 Å². The van der Waals surface area contributed by atoms with E-state index in [2.05, 4.69) is 19.8 Å². The summed E-state index contributed by atoms with van der Waals surface area (Å²) in [6.45, 7) is 2.88. The fourth-order valence-electron chi connectivity index (χ4n) is 7.12. The van der Waals surface area contributed by atoms with E-state index < -0.39 is 23.5 Å². The fraction of sp³-hybridized carbons (Fsp3) is 0.457. The van der Waals surface area contributed by atoms with Crippen molar-refractivity contribution in [3.05, 3.63) is 59.9 Å². The number of rotatable bonds is 11. The Morgan fingerprint density at radius 1 is 1.06 bits per heavy atom. The number of aromatic amines is 1. The number of pyridine rings is 1. The maximum atomic E-state index is 14.5. The van der Waals surface area contributed by atoms with Crippen molar-refractivity contribution in [2.45, 2.75) is 44.3 Å². The number of carboxylic acid groups (broad SMARTS) is 1. The number of hydrogen-bond donors (Lipinski definition) is 2. The van der Waals surface area contributed by atoms with E-state index in [0.717, 1.165) is 68.6 Å². The first kappa shape index (κ1) is 33.7. The van der Waals surface area contributed by atoms with Gasteiger partial charge in [-0.05, 0) is 81.3 Å². The van der Waals surface area contributed by atoms with Gasteiger partial charge in [-0.2, -0.15) is 13.2 Å². The molecule has 3 heterocycles. The number of aliphatic carboxylic acids is 1. The van der Waals surface area contributed by atoms with Gasteiger partial charge in [0.15, 0.2) is 5.65 Å². The largest absolute Gasteiger partial charge is 0.480 e. The van der Waals surface area contributed by atoms with Gasteiger partial charge in [0.05, 0.1) is 30.1 Å². The Balaban J connectivity index is 1.31. The summed E-state index contributed by atoms with van der Waals surface area (Å²) < 4.78 is 60.8. The average molecular weight is 669 g/mol. The highest BCUT2D eigenvalue weighted by Gasteiger charge is 2.38. The minimum Gasteiger partial charge on any atom is -0.480 e. The Kier molecular flexibility index (Phi) is 9.36. The molecule has 0 atom stereocenters. The van der Waals surface area contributed by atoms with Crippen LogP contribution in [0.5, 0.6) is 0 Å². The van der Waals surface area contributed by atoms with Crippen molar-refractivity contribution in [3.8, 4) is 22.6 Å². The van der Waals surface area contributed by atoms with E-state index in [4.69, 9.17) is 14.8 Å². The monoisotopic (exact) mass is 668 g/mol. The van der Waals surface area contributed by atoms with Crippen LogP contribution in [0.4, 0.5) is 28.9 Å². The molecule has 0 radical (unpaired) electrons. The van der Waals surface area contributed by atoms with E-state index in [1.54, 1.807) is 13.2 Å². The number of imidazole rings is 1. The Bertz CT molecular complexity index is 1760. The predicted octanol–water partition coefficient (Wildman–Crippen LogP) is 6.69. The standard InChI is InChI=1S/C35H40F4N6O3/c1-43(19-30(46)47)26-9-13-45(14-10-26)27-7-5-22(6-8-27)32-41-31-29(44(2)20-34(21-48-3)11-4-12-34)18-28(40-33(31)42-32)23-15-24(35(37,38)39)17-25(36)16-23/h5-8,15-18,26H,4,9-14,19-21H2,1-3H3,(H,46,47)(H,40,41,42). The minimum absolute atomic E-state index is 0.0148. The normalized spacial score (nSPS) is 16.8. The van der Waals surface area contributed by atoms with Crippen LogP contribution in [0.1, 0.15) is 37.7 Å². The van der Waals surface area contributed by atoms with Crippen molar-refractivity contribution in [1.29, 1.82) is 0 Å². The number of aromatic nitrogens is 3. The van der Waals surface area contributed by atoms with E-state index in [-0.39, 0.29) is 29.3 Å². The average Bonchev–Trinajstić information content (AvgIpc) is 3.47.